The molecule has 0 bridgehead atoms. The summed E-state index contributed by atoms with van der Waals surface area (Å²) in [5.74, 6) is -0.0721. The fourth-order valence-electron chi connectivity index (χ4n) is 2.83. The first-order valence-corrected chi connectivity index (χ1v) is 10.7. The minimum Gasteiger partial charge on any atom is -0.301 e. The zero-order chi connectivity index (χ0) is 20.3. The molecular weight excluding hydrogens is 398 g/mol. The second kappa shape index (κ2) is 8.70. The number of unbranched alkanes of at least 4 members (excludes halogenated alkanes) is 1. The van der Waals surface area contributed by atoms with Gasteiger partial charge in [0.2, 0.25) is 5.91 Å². The summed E-state index contributed by atoms with van der Waals surface area (Å²) in [6.45, 7) is 2.09. The number of nitrogens with zero attached hydrogens (tertiary/aromatic N) is 4. The topological polar surface area (TPSA) is 98.9 Å². The summed E-state index contributed by atoms with van der Waals surface area (Å²) in [5, 5.41) is 5.44. The molecule has 3 aromatic rings. The van der Waals surface area contributed by atoms with E-state index in [1.807, 2.05) is 0 Å². The van der Waals surface area contributed by atoms with Crippen LogP contribution in [-0.4, -0.2) is 30.8 Å². The van der Waals surface area contributed by atoms with Crippen LogP contribution in [0.2, 0.25) is 0 Å². The van der Waals surface area contributed by atoms with Crippen molar-refractivity contribution in [3.63, 3.8) is 0 Å². The van der Waals surface area contributed by atoms with Crippen molar-refractivity contribution in [2.45, 2.75) is 31.1 Å². The zero-order valence-corrected chi connectivity index (χ0v) is 17.5. The minimum atomic E-state index is -0.427. The number of rotatable bonds is 7. The average molecular weight is 420 g/mol. The first-order valence-electron chi connectivity index (χ1n) is 8.83. The van der Waals surface area contributed by atoms with Crippen LogP contribution >= 0.6 is 23.1 Å². The van der Waals surface area contributed by atoms with E-state index in [0.29, 0.717) is 21.1 Å². The summed E-state index contributed by atoms with van der Waals surface area (Å²) >= 11 is 2.63. The third-order valence-electron chi connectivity index (χ3n) is 4.32. The molecule has 28 heavy (non-hydrogen) atoms. The first kappa shape index (κ1) is 20.3. The lowest BCUT2D eigenvalue weighted by Crippen LogP contribution is -2.37. The summed E-state index contributed by atoms with van der Waals surface area (Å²) < 4.78 is 2.44. The number of aryl methyl sites for hydroxylation is 2. The lowest BCUT2D eigenvalue weighted by atomic mass is 10.1. The molecule has 148 valence electrons. The number of anilines is 1. The Bertz CT molecular complexity index is 1120. The Balaban J connectivity index is 2.02. The van der Waals surface area contributed by atoms with Crippen LogP contribution in [0.5, 0.6) is 0 Å². The molecule has 0 aliphatic rings. The van der Waals surface area contributed by atoms with Gasteiger partial charge in [-0.25, -0.2) is 14.8 Å². The minimum absolute atomic E-state index is 0.129. The summed E-state index contributed by atoms with van der Waals surface area (Å²) in [4.78, 5) is 46.5. The monoisotopic (exact) mass is 419 g/mol. The second-order valence-electron chi connectivity index (χ2n) is 6.29. The van der Waals surface area contributed by atoms with Crippen LogP contribution in [0.25, 0.3) is 11.0 Å². The van der Waals surface area contributed by atoms with E-state index in [0.717, 1.165) is 29.4 Å². The Morgan fingerprint density at radius 1 is 1.25 bits per heavy atom. The van der Waals surface area contributed by atoms with E-state index in [4.69, 9.17) is 0 Å². The number of amides is 1. The predicted molar refractivity (Wildman–Crippen MR) is 112 cm³/mol. The van der Waals surface area contributed by atoms with Gasteiger partial charge in [0.15, 0.2) is 5.13 Å². The van der Waals surface area contributed by atoms with Crippen molar-refractivity contribution in [1.82, 2.24) is 19.1 Å². The molecule has 3 heterocycles. The zero-order valence-electron chi connectivity index (χ0n) is 15.9. The Hall–Kier alpha value is -2.46. The normalized spacial score (nSPS) is 11.1. The summed E-state index contributed by atoms with van der Waals surface area (Å²) in [6.07, 6.45) is 6.02. The molecule has 0 saturated heterocycles. The maximum Gasteiger partial charge on any atom is 0.332 e. The Labute approximate surface area is 169 Å². The van der Waals surface area contributed by atoms with E-state index >= 15 is 0 Å². The standard InChI is InChI=1S/C18H21N5O3S2/c1-4-5-6-11-9-20-15-13(16(25)23(3)18(26)22(15)2)14(11)28-10-12(24)21-17-19-7-8-27-17/h7-9H,4-6,10H2,1-3H3,(H,19,21,24). The second-order valence-corrected chi connectivity index (χ2v) is 8.17. The van der Waals surface area contributed by atoms with Crippen LogP contribution in [0.3, 0.4) is 0 Å². The summed E-state index contributed by atoms with van der Waals surface area (Å²) in [7, 11) is 3.04. The van der Waals surface area contributed by atoms with Crippen LogP contribution < -0.4 is 16.6 Å². The van der Waals surface area contributed by atoms with E-state index in [-0.39, 0.29) is 11.7 Å². The number of pyridine rings is 1. The van der Waals surface area contributed by atoms with Gasteiger partial charge in [-0.3, -0.25) is 18.7 Å². The lowest BCUT2D eigenvalue weighted by Gasteiger charge is -2.14. The van der Waals surface area contributed by atoms with Crippen LogP contribution in [0, 0.1) is 0 Å². The molecular formula is C18H21N5O3S2. The molecule has 0 aliphatic carbocycles. The number of thioether (sulfide) groups is 1. The molecule has 0 unspecified atom stereocenters. The van der Waals surface area contributed by atoms with E-state index in [9.17, 15) is 14.4 Å². The molecule has 1 N–H and O–H groups in total. The Morgan fingerprint density at radius 3 is 2.71 bits per heavy atom. The molecule has 0 saturated carbocycles. The molecule has 3 aromatic heterocycles. The van der Waals surface area contributed by atoms with Gasteiger partial charge < -0.3 is 5.32 Å². The number of nitrogens with one attached hydrogen (secondary N) is 1. The Kier molecular flexibility index (Phi) is 6.30. The molecule has 0 radical (unpaired) electrons. The molecule has 0 aliphatic heterocycles. The number of thiazole rings is 1. The molecule has 1 amide bonds. The van der Waals surface area contributed by atoms with Gasteiger partial charge in [-0.1, -0.05) is 13.3 Å². The first-order chi connectivity index (χ1) is 13.4. The van der Waals surface area contributed by atoms with Crippen LogP contribution in [0.1, 0.15) is 25.3 Å². The van der Waals surface area contributed by atoms with Crippen molar-refractivity contribution in [3.8, 4) is 0 Å². The van der Waals surface area contributed by atoms with Crippen LogP contribution in [-0.2, 0) is 25.3 Å². The quantitative estimate of drug-likeness (QED) is 0.589. The Morgan fingerprint density at radius 2 is 2.04 bits per heavy atom. The maximum atomic E-state index is 12.8. The summed E-state index contributed by atoms with van der Waals surface area (Å²) in [6, 6.07) is 0. The van der Waals surface area contributed by atoms with Crippen molar-refractivity contribution in [1.29, 1.82) is 0 Å². The average Bonchev–Trinajstić information content (AvgIpc) is 3.20. The van der Waals surface area contributed by atoms with Crippen molar-refractivity contribution in [2.75, 3.05) is 11.1 Å². The van der Waals surface area contributed by atoms with Crippen molar-refractivity contribution in [2.24, 2.45) is 14.1 Å². The van der Waals surface area contributed by atoms with Crippen molar-refractivity contribution < 1.29 is 4.79 Å². The highest BCUT2D eigenvalue weighted by molar-refractivity contribution is 8.00. The third-order valence-corrected chi connectivity index (χ3v) is 6.17. The molecule has 10 heteroatoms. The number of aromatic nitrogens is 4. The fourth-order valence-corrected chi connectivity index (χ4v) is 4.39. The SMILES string of the molecule is CCCCc1cnc2c(c1SCC(=O)Nc1nccs1)c(=O)n(C)c(=O)n2C. The largest absolute Gasteiger partial charge is 0.332 e. The van der Waals surface area contributed by atoms with Crippen LogP contribution in [0.15, 0.2) is 32.3 Å². The highest BCUT2D eigenvalue weighted by Gasteiger charge is 2.18. The third kappa shape index (κ3) is 4.02. The van der Waals surface area contributed by atoms with Crippen molar-refractivity contribution in [3.05, 3.63) is 44.2 Å². The fraction of sp³-hybridized carbons (Fsp3) is 0.389. The molecule has 0 spiro atoms. The van der Waals surface area contributed by atoms with Gasteiger partial charge >= 0.3 is 5.69 Å². The van der Waals surface area contributed by atoms with Gasteiger partial charge in [0.05, 0.1) is 11.1 Å². The summed E-state index contributed by atoms with van der Waals surface area (Å²) in [5.41, 5.74) is 0.420. The predicted octanol–water partition coefficient (Wildman–Crippen LogP) is 2.16. The van der Waals surface area contributed by atoms with Gasteiger partial charge in [0, 0.05) is 36.8 Å². The molecule has 0 fully saturated rings. The maximum absolute atomic E-state index is 12.8. The van der Waals surface area contributed by atoms with Gasteiger partial charge in [0.25, 0.3) is 5.56 Å². The van der Waals surface area contributed by atoms with E-state index in [1.165, 1.54) is 34.7 Å². The molecule has 8 nitrogen and oxygen atoms in total. The number of hydrogen-bond donors (Lipinski definition) is 1. The van der Waals surface area contributed by atoms with Crippen molar-refractivity contribution >= 4 is 45.2 Å². The van der Waals surface area contributed by atoms with E-state index < -0.39 is 11.2 Å². The van der Waals surface area contributed by atoms with Gasteiger partial charge in [-0.2, -0.15) is 0 Å². The van der Waals surface area contributed by atoms with Gasteiger partial charge in [0.1, 0.15) is 5.65 Å². The number of hydrogen-bond acceptors (Lipinski definition) is 7. The number of fused-ring (bicyclic) bond motifs is 1. The molecule has 0 atom stereocenters. The molecule has 3 rings (SSSR count). The lowest BCUT2D eigenvalue weighted by molar-refractivity contribution is -0.113. The van der Waals surface area contributed by atoms with Gasteiger partial charge in [-0.05, 0) is 18.4 Å². The van der Waals surface area contributed by atoms with E-state index in [2.05, 4.69) is 22.2 Å². The number of carbonyl (C=O) groups is 1. The number of carbonyl (C=O) groups excluding carboxylic acids is 1. The highest BCUT2D eigenvalue weighted by Crippen LogP contribution is 2.29. The highest BCUT2D eigenvalue weighted by atomic mass is 32.2. The van der Waals surface area contributed by atoms with Crippen LogP contribution in [0.4, 0.5) is 5.13 Å². The molecule has 0 aromatic carbocycles. The smallest absolute Gasteiger partial charge is 0.301 e. The van der Waals surface area contributed by atoms with E-state index in [1.54, 1.807) is 24.8 Å². The van der Waals surface area contributed by atoms with Gasteiger partial charge in [-0.15, -0.1) is 23.1 Å².